The Kier molecular flexibility index (Phi) is 2.87. The molecule has 0 aliphatic rings. The topological polar surface area (TPSA) is 76.7 Å². The van der Waals surface area contributed by atoms with E-state index in [4.69, 9.17) is 5.73 Å². The Morgan fingerprint density at radius 2 is 1.95 bits per heavy atom. The molecular formula is C15H14N4O. The summed E-state index contributed by atoms with van der Waals surface area (Å²) >= 11 is 0. The highest BCUT2D eigenvalue weighted by molar-refractivity contribution is 5.72. The van der Waals surface area contributed by atoms with E-state index in [0.717, 1.165) is 11.1 Å². The van der Waals surface area contributed by atoms with E-state index in [9.17, 15) is 4.79 Å². The number of aromatic amines is 1. The number of anilines is 1. The lowest BCUT2D eigenvalue weighted by molar-refractivity contribution is 0.820. The van der Waals surface area contributed by atoms with Gasteiger partial charge in [0.1, 0.15) is 5.69 Å². The van der Waals surface area contributed by atoms with Crippen molar-refractivity contribution in [2.24, 2.45) is 0 Å². The summed E-state index contributed by atoms with van der Waals surface area (Å²) in [4.78, 5) is 16.4. The molecule has 0 atom stereocenters. The zero-order valence-corrected chi connectivity index (χ0v) is 11.0. The van der Waals surface area contributed by atoms with E-state index in [0.29, 0.717) is 11.5 Å². The number of aryl methyl sites for hydroxylation is 1. The Labute approximate surface area is 115 Å². The van der Waals surface area contributed by atoms with Gasteiger partial charge in [-0.1, -0.05) is 30.3 Å². The van der Waals surface area contributed by atoms with Gasteiger partial charge < -0.3 is 5.73 Å². The van der Waals surface area contributed by atoms with Crippen molar-refractivity contribution in [3.63, 3.8) is 0 Å². The summed E-state index contributed by atoms with van der Waals surface area (Å²) in [5.74, 6) is 0.531. The Balaban J connectivity index is 2.18. The summed E-state index contributed by atoms with van der Waals surface area (Å²) < 4.78 is 1.37. The van der Waals surface area contributed by atoms with Crippen molar-refractivity contribution in [1.29, 1.82) is 0 Å². The van der Waals surface area contributed by atoms with E-state index in [-0.39, 0.29) is 11.2 Å². The predicted molar refractivity (Wildman–Crippen MR) is 78.8 cm³/mol. The van der Waals surface area contributed by atoms with Gasteiger partial charge in [-0.3, -0.25) is 9.89 Å². The largest absolute Gasteiger partial charge is 0.392 e. The first kappa shape index (κ1) is 12.2. The molecule has 3 N–H and O–H groups in total. The number of benzene rings is 1. The fraction of sp³-hybridized carbons (Fsp3) is 0.0667. The highest BCUT2D eigenvalue weighted by Gasteiger charge is 2.14. The van der Waals surface area contributed by atoms with Gasteiger partial charge in [0.2, 0.25) is 0 Å². The van der Waals surface area contributed by atoms with Crippen molar-refractivity contribution in [2.75, 3.05) is 5.73 Å². The van der Waals surface area contributed by atoms with Crippen molar-refractivity contribution in [3.05, 3.63) is 64.6 Å². The van der Waals surface area contributed by atoms with E-state index in [1.54, 1.807) is 6.20 Å². The smallest absolute Gasteiger partial charge is 0.296 e. The molecule has 5 nitrogen and oxygen atoms in total. The number of hydrogen-bond acceptors (Lipinski definition) is 3. The van der Waals surface area contributed by atoms with Crippen LogP contribution in [0.25, 0.3) is 17.1 Å². The fourth-order valence-corrected chi connectivity index (χ4v) is 2.08. The maximum Gasteiger partial charge on any atom is 0.296 e. The summed E-state index contributed by atoms with van der Waals surface area (Å²) in [5.41, 5.74) is 8.33. The standard InChI is InChI=1S/C15H14N4O/c1-10-7-8-17-12(9-10)19-15(20)13(16)14(18-19)11-5-3-2-4-6-11/h2-9,18H,16H2,1H3. The molecule has 0 radical (unpaired) electrons. The van der Waals surface area contributed by atoms with Gasteiger partial charge in [0.15, 0.2) is 5.82 Å². The van der Waals surface area contributed by atoms with Crippen molar-refractivity contribution >= 4 is 5.69 Å². The maximum absolute atomic E-state index is 12.2. The molecule has 0 spiro atoms. The van der Waals surface area contributed by atoms with Gasteiger partial charge in [0, 0.05) is 11.8 Å². The minimum absolute atomic E-state index is 0.194. The molecule has 3 aromatic rings. The second kappa shape index (κ2) is 4.70. The Morgan fingerprint density at radius 1 is 1.20 bits per heavy atom. The Bertz CT molecular complexity index is 802. The minimum Gasteiger partial charge on any atom is -0.392 e. The SMILES string of the molecule is Cc1ccnc(-n2[nH]c(-c3ccccc3)c(N)c2=O)c1. The normalized spacial score (nSPS) is 10.7. The number of rotatable bonds is 2. The third-order valence-corrected chi connectivity index (χ3v) is 3.12. The van der Waals surface area contributed by atoms with Crippen LogP contribution in [0.1, 0.15) is 5.56 Å². The molecule has 0 fully saturated rings. The molecule has 0 saturated heterocycles. The number of nitrogen functional groups attached to an aromatic ring is 1. The summed E-state index contributed by atoms with van der Waals surface area (Å²) in [6.45, 7) is 1.95. The number of aromatic nitrogens is 3. The molecular weight excluding hydrogens is 252 g/mol. The summed E-state index contributed by atoms with van der Waals surface area (Å²) in [7, 11) is 0. The monoisotopic (exact) mass is 266 g/mol. The molecule has 5 heteroatoms. The third kappa shape index (κ3) is 1.99. The molecule has 3 rings (SSSR count). The molecule has 0 unspecified atom stereocenters. The van der Waals surface area contributed by atoms with Crippen LogP contribution in [0.5, 0.6) is 0 Å². The van der Waals surface area contributed by atoms with Gasteiger partial charge in [-0.2, -0.15) is 4.68 Å². The van der Waals surface area contributed by atoms with Gasteiger partial charge in [-0.25, -0.2) is 4.98 Å². The fourth-order valence-electron chi connectivity index (χ4n) is 2.08. The Morgan fingerprint density at radius 3 is 2.65 bits per heavy atom. The number of pyridine rings is 1. The van der Waals surface area contributed by atoms with Crippen molar-refractivity contribution < 1.29 is 0 Å². The van der Waals surface area contributed by atoms with E-state index in [1.165, 1.54) is 4.68 Å². The molecule has 2 aromatic heterocycles. The lowest BCUT2D eigenvalue weighted by Gasteiger charge is -2.02. The van der Waals surface area contributed by atoms with Crippen molar-refractivity contribution in [3.8, 4) is 17.1 Å². The molecule has 0 amide bonds. The number of H-pyrrole nitrogens is 1. The van der Waals surface area contributed by atoms with E-state index < -0.39 is 0 Å². The maximum atomic E-state index is 12.2. The number of nitrogens with one attached hydrogen (secondary N) is 1. The minimum atomic E-state index is -0.290. The summed E-state index contributed by atoms with van der Waals surface area (Å²) in [5, 5.41) is 3.03. The van der Waals surface area contributed by atoms with Crippen LogP contribution >= 0.6 is 0 Å². The first-order valence-electron chi connectivity index (χ1n) is 6.26. The van der Waals surface area contributed by atoms with Crippen LogP contribution in [0.4, 0.5) is 5.69 Å². The van der Waals surface area contributed by atoms with Crippen molar-refractivity contribution in [1.82, 2.24) is 14.8 Å². The second-order valence-electron chi connectivity index (χ2n) is 4.60. The highest BCUT2D eigenvalue weighted by Crippen LogP contribution is 2.21. The van der Waals surface area contributed by atoms with Gasteiger partial charge in [-0.15, -0.1) is 0 Å². The number of nitrogens with zero attached hydrogens (tertiary/aromatic N) is 2. The van der Waals surface area contributed by atoms with Crippen LogP contribution < -0.4 is 11.3 Å². The van der Waals surface area contributed by atoms with E-state index >= 15 is 0 Å². The molecule has 0 aliphatic carbocycles. The lowest BCUT2D eigenvalue weighted by atomic mass is 10.1. The van der Waals surface area contributed by atoms with Gasteiger partial charge in [0.05, 0.1) is 5.69 Å². The zero-order chi connectivity index (χ0) is 14.1. The molecule has 20 heavy (non-hydrogen) atoms. The predicted octanol–water partition coefficient (Wildman–Crippen LogP) is 2.12. The van der Waals surface area contributed by atoms with E-state index in [2.05, 4.69) is 10.1 Å². The average Bonchev–Trinajstić information content (AvgIpc) is 2.76. The zero-order valence-electron chi connectivity index (χ0n) is 11.0. The van der Waals surface area contributed by atoms with Crippen LogP contribution in [0.3, 0.4) is 0 Å². The average molecular weight is 266 g/mol. The first-order chi connectivity index (χ1) is 9.66. The van der Waals surface area contributed by atoms with Crippen LogP contribution in [0, 0.1) is 6.92 Å². The van der Waals surface area contributed by atoms with Crippen LogP contribution in [-0.2, 0) is 0 Å². The summed E-state index contributed by atoms with van der Waals surface area (Å²) in [6, 6.07) is 13.2. The lowest BCUT2D eigenvalue weighted by Crippen LogP contribution is -2.17. The molecule has 0 bridgehead atoms. The van der Waals surface area contributed by atoms with Gasteiger partial charge >= 0.3 is 0 Å². The molecule has 1 aromatic carbocycles. The molecule has 2 heterocycles. The molecule has 100 valence electrons. The van der Waals surface area contributed by atoms with Gasteiger partial charge in [-0.05, 0) is 24.6 Å². The quantitative estimate of drug-likeness (QED) is 0.746. The van der Waals surface area contributed by atoms with Crippen LogP contribution in [0.15, 0.2) is 53.5 Å². The second-order valence-corrected chi connectivity index (χ2v) is 4.60. The first-order valence-corrected chi connectivity index (χ1v) is 6.26. The van der Waals surface area contributed by atoms with Crippen LogP contribution in [0.2, 0.25) is 0 Å². The highest BCUT2D eigenvalue weighted by atomic mass is 16.1. The number of nitrogens with two attached hydrogens (primary N) is 1. The van der Waals surface area contributed by atoms with E-state index in [1.807, 2.05) is 49.4 Å². The molecule has 0 saturated carbocycles. The Hall–Kier alpha value is -2.82. The van der Waals surface area contributed by atoms with Crippen molar-refractivity contribution in [2.45, 2.75) is 6.92 Å². The summed E-state index contributed by atoms with van der Waals surface area (Å²) in [6.07, 6.45) is 1.66. The molecule has 0 aliphatic heterocycles. The van der Waals surface area contributed by atoms with Crippen LogP contribution in [-0.4, -0.2) is 14.8 Å². The van der Waals surface area contributed by atoms with Gasteiger partial charge in [0.25, 0.3) is 5.56 Å². The third-order valence-electron chi connectivity index (χ3n) is 3.12. The number of hydrogen-bond donors (Lipinski definition) is 2.